The van der Waals surface area contributed by atoms with Gasteiger partial charge in [-0.15, -0.1) is 0 Å². The van der Waals surface area contributed by atoms with Gasteiger partial charge < -0.3 is 14.2 Å². The van der Waals surface area contributed by atoms with E-state index in [0.29, 0.717) is 19.4 Å². The molecule has 0 atom stereocenters. The average molecular weight is 329 g/mol. The highest BCUT2D eigenvalue weighted by Crippen LogP contribution is 2.32. The molecule has 3 rings (SSSR count). The molecule has 1 amide bonds. The van der Waals surface area contributed by atoms with Crippen LogP contribution in [-0.4, -0.2) is 25.9 Å². The van der Waals surface area contributed by atoms with E-state index >= 15 is 0 Å². The lowest BCUT2D eigenvalue weighted by Gasteiger charge is -2.08. The minimum Gasteiger partial charge on any atom is -0.491 e. The number of benzene rings is 2. The average Bonchev–Trinajstić information content (AvgIpc) is 3.08. The van der Waals surface area contributed by atoms with Gasteiger partial charge in [-0.1, -0.05) is 24.3 Å². The fraction of sp³-hybridized carbons (Fsp3) is 0.278. The fourth-order valence-electron chi connectivity index (χ4n) is 2.25. The van der Waals surface area contributed by atoms with E-state index in [-0.39, 0.29) is 19.3 Å². The van der Waals surface area contributed by atoms with Crippen molar-refractivity contribution in [2.75, 3.05) is 20.0 Å². The zero-order valence-corrected chi connectivity index (χ0v) is 13.2. The Morgan fingerprint density at radius 3 is 2.75 bits per heavy atom. The Balaban J connectivity index is 1.30. The summed E-state index contributed by atoms with van der Waals surface area (Å²) in [7, 11) is 0. The molecule has 0 saturated carbocycles. The van der Waals surface area contributed by atoms with Gasteiger partial charge in [0.2, 0.25) is 12.7 Å². The number of aryl methyl sites for hydroxylation is 1. The number of ether oxygens (including phenoxy) is 3. The van der Waals surface area contributed by atoms with Gasteiger partial charge >= 0.3 is 0 Å². The zero-order valence-electron chi connectivity index (χ0n) is 13.2. The molecule has 0 aromatic heterocycles. The van der Waals surface area contributed by atoms with E-state index in [1.807, 2.05) is 48.5 Å². The van der Waals surface area contributed by atoms with Gasteiger partial charge in [0.1, 0.15) is 19.0 Å². The van der Waals surface area contributed by atoms with Crippen LogP contribution in [0.1, 0.15) is 12.0 Å². The number of hydroxylamine groups is 1. The van der Waals surface area contributed by atoms with Gasteiger partial charge in [0.15, 0.2) is 11.5 Å². The van der Waals surface area contributed by atoms with Crippen molar-refractivity contribution >= 4 is 5.91 Å². The van der Waals surface area contributed by atoms with E-state index in [1.54, 1.807) is 0 Å². The minimum absolute atomic E-state index is 0.174. The normalized spacial score (nSPS) is 12.0. The Hall–Kier alpha value is -2.73. The van der Waals surface area contributed by atoms with Gasteiger partial charge in [-0.25, -0.2) is 5.48 Å². The van der Waals surface area contributed by atoms with Gasteiger partial charge in [0, 0.05) is 6.42 Å². The molecule has 1 aliphatic heterocycles. The van der Waals surface area contributed by atoms with Crippen LogP contribution in [-0.2, 0) is 16.1 Å². The molecule has 126 valence electrons. The summed E-state index contributed by atoms with van der Waals surface area (Å²) >= 11 is 0. The summed E-state index contributed by atoms with van der Waals surface area (Å²) in [5, 5.41) is 0. The highest BCUT2D eigenvalue weighted by Gasteiger charge is 2.13. The lowest BCUT2D eigenvalue weighted by atomic mass is 10.1. The van der Waals surface area contributed by atoms with Gasteiger partial charge in [-0.05, 0) is 36.2 Å². The van der Waals surface area contributed by atoms with Crippen LogP contribution in [0.3, 0.4) is 0 Å². The summed E-state index contributed by atoms with van der Waals surface area (Å²) in [6, 6.07) is 15.1. The number of para-hydroxylation sites is 1. The number of rotatable bonds is 8. The van der Waals surface area contributed by atoms with Crippen molar-refractivity contribution in [1.29, 1.82) is 0 Å². The molecule has 0 bridgehead atoms. The van der Waals surface area contributed by atoms with Crippen molar-refractivity contribution in [2.24, 2.45) is 0 Å². The Bertz CT molecular complexity index is 674. The SMILES string of the molecule is O=C(CCc1ccc2c(c1)OCO2)NOCCOc1ccccc1. The van der Waals surface area contributed by atoms with E-state index in [4.69, 9.17) is 19.0 Å². The van der Waals surface area contributed by atoms with Crippen LogP contribution < -0.4 is 19.7 Å². The summed E-state index contributed by atoms with van der Waals surface area (Å²) in [5.41, 5.74) is 3.43. The van der Waals surface area contributed by atoms with Gasteiger partial charge in [0.25, 0.3) is 0 Å². The molecule has 6 heteroatoms. The van der Waals surface area contributed by atoms with E-state index in [2.05, 4.69) is 5.48 Å². The van der Waals surface area contributed by atoms with Crippen LogP contribution in [0.25, 0.3) is 0 Å². The minimum atomic E-state index is -0.174. The maximum absolute atomic E-state index is 11.8. The third-order valence-corrected chi connectivity index (χ3v) is 3.46. The molecule has 2 aromatic rings. The summed E-state index contributed by atoms with van der Waals surface area (Å²) in [6.07, 6.45) is 0.936. The summed E-state index contributed by atoms with van der Waals surface area (Å²) < 4.78 is 16.0. The lowest BCUT2D eigenvalue weighted by Crippen LogP contribution is -2.26. The van der Waals surface area contributed by atoms with Crippen molar-refractivity contribution in [3.63, 3.8) is 0 Å². The first kappa shape index (κ1) is 16.1. The van der Waals surface area contributed by atoms with Crippen LogP contribution in [0, 0.1) is 0 Å². The molecular weight excluding hydrogens is 310 g/mol. The maximum atomic E-state index is 11.8. The third kappa shape index (κ3) is 4.63. The highest BCUT2D eigenvalue weighted by atomic mass is 16.7. The second-order valence-electron chi connectivity index (χ2n) is 5.22. The first-order valence-corrected chi connectivity index (χ1v) is 7.78. The highest BCUT2D eigenvalue weighted by molar-refractivity contribution is 5.75. The van der Waals surface area contributed by atoms with Crippen LogP contribution >= 0.6 is 0 Å². The van der Waals surface area contributed by atoms with Crippen molar-refractivity contribution < 1.29 is 23.8 Å². The van der Waals surface area contributed by atoms with Crippen molar-refractivity contribution in [1.82, 2.24) is 5.48 Å². The van der Waals surface area contributed by atoms with Crippen molar-refractivity contribution in [2.45, 2.75) is 12.8 Å². The number of carbonyl (C=O) groups is 1. The Kier molecular flexibility index (Phi) is 5.52. The number of amides is 1. The summed E-state index contributed by atoms with van der Waals surface area (Å²) in [6.45, 7) is 0.898. The molecule has 0 spiro atoms. The zero-order chi connectivity index (χ0) is 16.6. The smallest absolute Gasteiger partial charge is 0.243 e. The predicted molar refractivity (Wildman–Crippen MR) is 86.9 cm³/mol. The largest absolute Gasteiger partial charge is 0.491 e. The van der Waals surface area contributed by atoms with E-state index in [1.165, 1.54) is 0 Å². The molecule has 0 aliphatic carbocycles. The Morgan fingerprint density at radius 2 is 1.88 bits per heavy atom. The second-order valence-corrected chi connectivity index (χ2v) is 5.22. The van der Waals surface area contributed by atoms with Crippen LogP contribution in [0.4, 0.5) is 0 Å². The van der Waals surface area contributed by atoms with Gasteiger partial charge in [-0.2, -0.15) is 0 Å². The quantitative estimate of drug-likeness (QED) is 0.595. The standard InChI is InChI=1S/C18H19NO5/c20-18(19-24-11-10-21-15-4-2-1-3-5-15)9-7-14-6-8-16-17(12-14)23-13-22-16/h1-6,8,12H,7,9-11,13H2,(H,19,20). The van der Waals surface area contributed by atoms with Crippen molar-refractivity contribution in [3.8, 4) is 17.2 Å². The molecule has 0 fully saturated rings. The monoisotopic (exact) mass is 329 g/mol. The van der Waals surface area contributed by atoms with Crippen LogP contribution in [0.15, 0.2) is 48.5 Å². The van der Waals surface area contributed by atoms with E-state index in [9.17, 15) is 4.79 Å². The molecule has 2 aromatic carbocycles. The number of nitrogens with one attached hydrogen (secondary N) is 1. The first-order chi connectivity index (χ1) is 11.8. The second kappa shape index (κ2) is 8.21. The molecule has 6 nitrogen and oxygen atoms in total. The van der Waals surface area contributed by atoms with Crippen LogP contribution in [0.5, 0.6) is 17.2 Å². The maximum Gasteiger partial charge on any atom is 0.243 e. The fourth-order valence-corrected chi connectivity index (χ4v) is 2.25. The molecule has 24 heavy (non-hydrogen) atoms. The molecule has 0 unspecified atom stereocenters. The molecule has 1 aliphatic rings. The Morgan fingerprint density at radius 1 is 1.04 bits per heavy atom. The van der Waals surface area contributed by atoms with Gasteiger partial charge in [0.05, 0.1) is 0 Å². The topological polar surface area (TPSA) is 66.0 Å². The summed E-state index contributed by atoms with van der Waals surface area (Å²) in [5.74, 6) is 2.06. The molecular formula is C18H19NO5. The van der Waals surface area contributed by atoms with Crippen molar-refractivity contribution in [3.05, 3.63) is 54.1 Å². The van der Waals surface area contributed by atoms with E-state index < -0.39 is 0 Å². The number of carbonyl (C=O) groups excluding carboxylic acids is 1. The molecule has 0 radical (unpaired) electrons. The third-order valence-electron chi connectivity index (χ3n) is 3.46. The van der Waals surface area contributed by atoms with E-state index in [0.717, 1.165) is 22.8 Å². The molecule has 1 N–H and O–H groups in total. The number of hydrogen-bond acceptors (Lipinski definition) is 5. The van der Waals surface area contributed by atoms with Gasteiger partial charge in [-0.3, -0.25) is 9.63 Å². The Labute approximate surface area is 140 Å². The molecule has 0 saturated heterocycles. The molecule has 1 heterocycles. The number of hydrogen-bond donors (Lipinski definition) is 1. The number of fused-ring (bicyclic) bond motifs is 1. The predicted octanol–water partition coefficient (Wildman–Crippen LogP) is 2.47. The lowest BCUT2D eigenvalue weighted by molar-refractivity contribution is -0.134. The first-order valence-electron chi connectivity index (χ1n) is 7.78. The summed E-state index contributed by atoms with van der Waals surface area (Å²) in [4.78, 5) is 16.9. The van der Waals surface area contributed by atoms with Crippen LogP contribution in [0.2, 0.25) is 0 Å².